The Balaban J connectivity index is 1.35. The van der Waals surface area contributed by atoms with E-state index in [-0.39, 0.29) is 41.3 Å². The number of amides is 2. The van der Waals surface area contributed by atoms with E-state index >= 15 is 9.59 Å². The minimum absolute atomic E-state index is 0.0995. The van der Waals surface area contributed by atoms with Crippen molar-refractivity contribution in [2.24, 2.45) is 23.7 Å². The molecule has 0 aromatic heterocycles. The largest absolute Gasteiger partial charge is 0.504 e. The maximum absolute atomic E-state index is 15.1. The number of hydrogen-bond donors (Lipinski definition) is 1. The van der Waals surface area contributed by atoms with Crippen LogP contribution in [0.5, 0.6) is 11.5 Å². The molecule has 0 spiro atoms. The van der Waals surface area contributed by atoms with Crippen molar-refractivity contribution in [1.29, 1.82) is 0 Å². The lowest BCUT2D eigenvalue weighted by molar-refractivity contribution is -0.135. The topological polar surface area (TPSA) is 101 Å². The van der Waals surface area contributed by atoms with Crippen molar-refractivity contribution in [2.75, 3.05) is 12.0 Å². The fraction of sp³-hybridized carbons (Fsp3) is 0.209. The predicted molar refractivity (Wildman–Crippen MR) is 190 cm³/mol. The molecule has 1 aliphatic heterocycles. The number of benzene rings is 4. The third-order valence-electron chi connectivity index (χ3n) is 11.3. The Labute approximate surface area is 290 Å². The van der Waals surface area contributed by atoms with Crippen molar-refractivity contribution >= 4 is 40.7 Å². The molecule has 3 aliphatic carbocycles. The first-order valence-electron chi connectivity index (χ1n) is 16.9. The maximum Gasteiger partial charge on any atom is 0.238 e. The molecular formula is C43H35NO6. The highest BCUT2D eigenvalue weighted by molar-refractivity contribution is 6.32. The second kappa shape index (κ2) is 11.9. The number of hydrogen-bond acceptors (Lipinski definition) is 6. The van der Waals surface area contributed by atoms with Gasteiger partial charge in [0.25, 0.3) is 0 Å². The van der Waals surface area contributed by atoms with Crippen LogP contribution < -0.4 is 9.64 Å². The Hall–Kier alpha value is -5.82. The number of methoxy groups -OCH3 is 1. The summed E-state index contributed by atoms with van der Waals surface area (Å²) in [4.78, 5) is 60.0. The first-order chi connectivity index (χ1) is 24.3. The summed E-state index contributed by atoms with van der Waals surface area (Å²) >= 11 is 0. The summed E-state index contributed by atoms with van der Waals surface area (Å²) in [6, 6.07) is 30.8. The summed E-state index contributed by atoms with van der Waals surface area (Å²) in [6.45, 7) is 3.80. The van der Waals surface area contributed by atoms with Gasteiger partial charge < -0.3 is 9.84 Å². The molecule has 1 heterocycles. The van der Waals surface area contributed by atoms with E-state index in [9.17, 15) is 14.7 Å². The number of phenolic OH excluding ortho intramolecular Hbond substituents is 1. The van der Waals surface area contributed by atoms with Crippen LogP contribution in [-0.2, 0) is 24.6 Å². The highest BCUT2D eigenvalue weighted by atomic mass is 16.5. The van der Waals surface area contributed by atoms with Crippen LogP contribution in [0.2, 0.25) is 0 Å². The summed E-state index contributed by atoms with van der Waals surface area (Å²) in [7, 11) is 1.47. The Morgan fingerprint density at radius 3 is 2.22 bits per heavy atom. The van der Waals surface area contributed by atoms with Crippen LogP contribution in [0.25, 0.3) is 11.6 Å². The van der Waals surface area contributed by atoms with E-state index in [0.717, 1.165) is 11.1 Å². The van der Waals surface area contributed by atoms with Crippen molar-refractivity contribution in [2.45, 2.75) is 24.2 Å². The number of carbonyl (C=O) groups is 4. The lowest BCUT2D eigenvalue weighted by Gasteiger charge is -2.55. The summed E-state index contributed by atoms with van der Waals surface area (Å²) in [5.41, 5.74) is 3.11. The molecule has 4 aliphatic rings. The zero-order valence-electron chi connectivity index (χ0n) is 27.5. The summed E-state index contributed by atoms with van der Waals surface area (Å²) in [5, 5.41) is 11.1. The molecule has 4 aromatic carbocycles. The molecule has 6 atom stereocenters. The van der Waals surface area contributed by atoms with Crippen molar-refractivity contribution in [3.8, 4) is 11.5 Å². The van der Waals surface area contributed by atoms with Gasteiger partial charge in [-0.2, -0.15) is 0 Å². The standard InChI is InChI=1S/C43H35NO6/c1-3-25-14-17-29(18-15-25)44-41(48)31-20-19-30-33(38(31)42(44)49)23-34-40(47)32(26-10-6-4-7-11-26)24-37(46)43(34,28-12-8-5-9-13-28)39(30)27-16-21-36(50-2)35(45)22-27/h3-19,21-22,24,31,33-34,38-39,45H,1,20,23H2,2H3/t31-,33+,34-,38-,39-,43-/m0/s1. The van der Waals surface area contributed by atoms with Crippen LogP contribution in [0.15, 0.2) is 127 Å². The molecule has 7 nitrogen and oxygen atoms in total. The van der Waals surface area contributed by atoms with Crippen LogP contribution >= 0.6 is 0 Å². The SMILES string of the molecule is C=Cc1ccc(N2C(=O)[C@H]3[C@H](CC=C4[C@H]3C[C@H]3C(=O)C(c5ccccc5)=CC(=O)[C@@]3(c3ccccc3)[C@H]4c3ccc(OC)c(O)c3)C2=O)cc1. The number of allylic oxidation sites excluding steroid dienone is 4. The van der Waals surface area contributed by atoms with Crippen LogP contribution in [0.4, 0.5) is 5.69 Å². The minimum atomic E-state index is -1.38. The van der Waals surface area contributed by atoms with Crippen molar-refractivity contribution in [3.05, 3.63) is 150 Å². The molecule has 1 saturated heterocycles. The molecule has 1 saturated carbocycles. The van der Waals surface area contributed by atoms with Crippen LogP contribution in [-0.4, -0.2) is 35.6 Å². The number of fused-ring (bicyclic) bond motifs is 4. The maximum atomic E-state index is 15.1. The van der Waals surface area contributed by atoms with Crippen LogP contribution in [0.3, 0.4) is 0 Å². The Morgan fingerprint density at radius 2 is 1.56 bits per heavy atom. The van der Waals surface area contributed by atoms with Gasteiger partial charge in [-0.25, -0.2) is 0 Å². The van der Waals surface area contributed by atoms with Crippen molar-refractivity contribution in [1.82, 2.24) is 0 Å². The lowest BCUT2D eigenvalue weighted by atomic mass is 9.44. The van der Waals surface area contributed by atoms with Crippen molar-refractivity contribution in [3.63, 3.8) is 0 Å². The van der Waals surface area contributed by atoms with Gasteiger partial charge in [0.15, 0.2) is 23.1 Å². The van der Waals surface area contributed by atoms with E-state index in [1.165, 1.54) is 18.1 Å². The summed E-state index contributed by atoms with van der Waals surface area (Å²) in [5.74, 6) is -4.23. The zero-order chi connectivity index (χ0) is 34.7. The molecule has 50 heavy (non-hydrogen) atoms. The average molecular weight is 662 g/mol. The molecule has 2 amide bonds. The van der Waals surface area contributed by atoms with Gasteiger partial charge in [-0.1, -0.05) is 103 Å². The average Bonchev–Trinajstić information content (AvgIpc) is 3.41. The molecule has 0 radical (unpaired) electrons. The second-order valence-electron chi connectivity index (χ2n) is 13.5. The van der Waals surface area contributed by atoms with Gasteiger partial charge in [0, 0.05) is 17.4 Å². The highest BCUT2D eigenvalue weighted by Crippen LogP contribution is 2.64. The number of phenols is 1. The van der Waals surface area contributed by atoms with Crippen molar-refractivity contribution < 1.29 is 29.0 Å². The molecule has 1 N–H and O–H groups in total. The first kappa shape index (κ1) is 31.4. The number of rotatable bonds is 6. The fourth-order valence-corrected chi connectivity index (χ4v) is 9.15. The third-order valence-corrected chi connectivity index (χ3v) is 11.3. The monoisotopic (exact) mass is 661 g/mol. The third kappa shape index (κ3) is 4.49. The fourth-order valence-electron chi connectivity index (χ4n) is 9.15. The number of anilines is 1. The number of imide groups is 1. The number of carbonyl (C=O) groups excluding carboxylic acids is 4. The van der Waals surface area contributed by atoms with E-state index in [1.807, 2.05) is 84.9 Å². The Bertz CT molecular complexity index is 2130. The van der Waals surface area contributed by atoms with E-state index in [2.05, 4.69) is 6.58 Å². The van der Waals surface area contributed by atoms with E-state index < -0.39 is 35.0 Å². The Kier molecular flexibility index (Phi) is 7.52. The molecule has 4 aromatic rings. The molecule has 7 heteroatoms. The van der Waals surface area contributed by atoms with Gasteiger partial charge in [0.1, 0.15) is 0 Å². The molecule has 2 fully saturated rings. The van der Waals surface area contributed by atoms with Gasteiger partial charge >= 0.3 is 0 Å². The highest BCUT2D eigenvalue weighted by Gasteiger charge is 2.66. The van der Waals surface area contributed by atoms with Gasteiger partial charge in [-0.3, -0.25) is 24.1 Å². The second-order valence-corrected chi connectivity index (χ2v) is 13.5. The van der Waals surface area contributed by atoms with E-state index in [1.54, 1.807) is 30.3 Å². The van der Waals surface area contributed by atoms with Gasteiger partial charge in [-0.15, -0.1) is 0 Å². The van der Waals surface area contributed by atoms with Gasteiger partial charge in [-0.05, 0) is 71.4 Å². The number of Topliss-reactive ketones (excluding diaryl/α,β-unsaturated/α-hetero) is 1. The van der Waals surface area contributed by atoms with Crippen LogP contribution in [0, 0.1) is 23.7 Å². The normalized spacial score (nSPS) is 27.1. The number of ether oxygens (including phenoxy) is 1. The van der Waals surface area contributed by atoms with Crippen LogP contribution in [0.1, 0.15) is 41.0 Å². The molecule has 0 unspecified atom stereocenters. The predicted octanol–water partition coefficient (Wildman–Crippen LogP) is 7.07. The molecule has 8 rings (SSSR count). The summed E-state index contributed by atoms with van der Waals surface area (Å²) < 4.78 is 5.37. The zero-order valence-corrected chi connectivity index (χ0v) is 27.5. The van der Waals surface area contributed by atoms with Gasteiger partial charge in [0.2, 0.25) is 11.8 Å². The van der Waals surface area contributed by atoms with E-state index in [0.29, 0.717) is 34.4 Å². The minimum Gasteiger partial charge on any atom is -0.504 e. The molecule has 248 valence electrons. The first-order valence-corrected chi connectivity index (χ1v) is 16.9. The number of ketones is 2. The van der Waals surface area contributed by atoms with Gasteiger partial charge in [0.05, 0.1) is 30.0 Å². The number of nitrogens with zero attached hydrogens (tertiary/aromatic N) is 1. The Morgan fingerprint density at radius 1 is 0.860 bits per heavy atom. The quantitative estimate of drug-likeness (QED) is 0.175. The summed E-state index contributed by atoms with van der Waals surface area (Å²) in [6.07, 6.45) is 5.72. The molecule has 0 bridgehead atoms. The number of aromatic hydroxyl groups is 1. The van der Waals surface area contributed by atoms with E-state index in [4.69, 9.17) is 4.74 Å². The molecular weight excluding hydrogens is 626 g/mol. The lowest BCUT2D eigenvalue weighted by Crippen LogP contribution is -2.58. The smallest absolute Gasteiger partial charge is 0.238 e.